The van der Waals surface area contributed by atoms with Crippen molar-refractivity contribution in [3.05, 3.63) is 83.9 Å². The Labute approximate surface area is 140 Å². The van der Waals surface area contributed by atoms with Gasteiger partial charge in [-0.2, -0.15) is 0 Å². The summed E-state index contributed by atoms with van der Waals surface area (Å²) in [5, 5.41) is 9.03. The van der Waals surface area contributed by atoms with E-state index in [4.69, 9.17) is 16.3 Å². The van der Waals surface area contributed by atoms with Gasteiger partial charge in [0.15, 0.2) is 0 Å². The Hall–Kier alpha value is -2.65. The molecule has 3 aromatic rings. The van der Waals surface area contributed by atoms with Crippen molar-refractivity contribution in [2.24, 2.45) is 0 Å². The average Bonchev–Trinajstić information content (AvgIpc) is 2.59. The van der Waals surface area contributed by atoms with Crippen LogP contribution in [-0.2, 0) is 6.42 Å². The van der Waals surface area contributed by atoms with Gasteiger partial charge in [-0.15, -0.1) is 16.8 Å². The Kier molecular flexibility index (Phi) is 4.69. The number of halogens is 1. The summed E-state index contributed by atoms with van der Waals surface area (Å²) in [6.45, 7) is 3.75. The number of rotatable bonds is 5. The van der Waals surface area contributed by atoms with Gasteiger partial charge in [-0.25, -0.2) is 0 Å². The highest BCUT2D eigenvalue weighted by Crippen LogP contribution is 2.28. The van der Waals surface area contributed by atoms with Crippen molar-refractivity contribution in [1.82, 2.24) is 10.2 Å². The SMILES string of the molecule is C=CCc1cc(Cl)ccc1Oc1ccc(-c2ccccc2)nn1. The van der Waals surface area contributed by atoms with Crippen LogP contribution in [0.25, 0.3) is 11.3 Å². The molecule has 0 aliphatic heterocycles. The van der Waals surface area contributed by atoms with Crippen molar-refractivity contribution in [3.8, 4) is 22.9 Å². The van der Waals surface area contributed by atoms with E-state index in [1.165, 1.54) is 0 Å². The molecule has 0 aliphatic carbocycles. The number of nitrogens with zero attached hydrogens (tertiary/aromatic N) is 2. The molecule has 0 amide bonds. The first-order valence-electron chi connectivity index (χ1n) is 7.22. The van der Waals surface area contributed by atoms with Gasteiger partial charge >= 0.3 is 0 Å². The van der Waals surface area contributed by atoms with Crippen LogP contribution < -0.4 is 4.74 Å². The summed E-state index contributed by atoms with van der Waals surface area (Å²) in [4.78, 5) is 0. The molecular formula is C19H15ClN2O. The maximum atomic E-state index is 6.03. The summed E-state index contributed by atoms with van der Waals surface area (Å²) in [6, 6.07) is 19.1. The van der Waals surface area contributed by atoms with E-state index in [9.17, 15) is 0 Å². The van der Waals surface area contributed by atoms with Crippen LogP contribution in [0.5, 0.6) is 11.6 Å². The second kappa shape index (κ2) is 7.07. The lowest BCUT2D eigenvalue weighted by Crippen LogP contribution is -1.95. The molecule has 0 spiro atoms. The molecule has 23 heavy (non-hydrogen) atoms. The molecule has 3 nitrogen and oxygen atoms in total. The first kappa shape index (κ1) is 15.3. The smallest absolute Gasteiger partial charge is 0.238 e. The Morgan fingerprint density at radius 3 is 2.52 bits per heavy atom. The van der Waals surface area contributed by atoms with E-state index >= 15 is 0 Å². The normalized spacial score (nSPS) is 10.3. The van der Waals surface area contributed by atoms with E-state index < -0.39 is 0 Å². The maximum Gasteiger partial charge on any atom is 0.238 e. The fraction of sp³-hybridized carbons (Fsp3) is 0.0526. The van der Waals surface area contributed by atoms with Gasteiger partial charge in [0.05, 0.1) is 5.69 Å². The van der Waals surface area contributed by atoms with Crippen molar-refractivity contribution in [2.75, 3.05) is 0 Å². The molecule has 0 fully saturated rings. The molecule has 114 valence electrons. The van der Waals surface area contributed by atoms with Crippen molar-refractivity contribution >= 4 is 11.6 Å². The van der Waals surface area contributed by atoms with Crippen LogP contribution in [0.15, 0.2) is 73.3 Å². The van der Waals surface area contributed by atoms with Gasteiger partial charge < -0.3 is 4.74 Å². The van der Waals surface area contributed by atoms with E-state index in [0.29, 0.717) is 23.1 Å². The van der Waals surface area contributed by atoms with Crippen LogP contribution in [0.1, 0.15) is 5.56 Å². The van der Waals surface area contributed by atoms with E-state index in [-0.39, 0.29) is 0 Å². The summed E-state index contributed by atoms with van der Waals surface area (Å²) in [5.74, 6) is 1.15. The van der Waals surface area contributed by atoms with Gasteiger partial charge in [-0.1, -0.05) is 48.0 Å². The van der Waals surface area contributed by atoms with Gasteiger partial charge in [-0.05, 0) is 30.7 Å². The minimum atomic E-state index is 0.442. The van der Waals surface area contributed by atoms with Gasteiger partial charge in [-0.3, -0.25) is 0 Å². The molecule has 0 bridgehead atoms. The van der Waals surface area contributed by atoms with E-state index in [1.54, 1.807) is 6.07 Å². The second-order valence-electron chi connectivity index (χ2n) is 4.97. The Bertz CT molecular complexity index is 801. The Morgan fingerprint density at radius 1 is 1.00 bits per heavy atom. The van der Waals surface area contributed by atoms with Crippen molar-refractivity contribution in [2.45, 2.75) is 6.42 Å². The molecule has 1 heterocycles. The maximum absolute atomic E-state index is 6.03. The minimum absolute atomic E-state index is 0.442. The lowest BCUT2D eigenvalue weighted by atomic mass is 10.1. The van der Waals surface area contributed by atoms with Crippen LogP contribution in [0, 0.1) is 0 Å². The van der Waals surface area contributed by atoms with Gasteiger partial charge in [0.25, 0.3) is 0 Å². The Balaban J connectivity index is 1.83. The first-order chi connectivity index (χ1) is 11.3. The third-order valence-electron chi connectivity index (χ3n) is 3.31. The number of hydrogen-bond donors (Lipinski definition) is 0. The predicted molar refractivity (Wildman–Crippen MR) is 92.9 cm³/mol. The van der Waals surface area contributed by atoms with Gasteiger partial charge in [0, 0.05) is 22.2 Å². The predicted octanol–water partition coefficient (Wildman–Crippen LogP) is 5.32. The minimum Gasteiger partial charge on any atom is -0.437 e. The van der Waals surface area contributed by atoms with Gasteiger partial charge in [0.2, 0.25) is 5.88 Å². The highest BCUT2D eigenvalue weighted by molar-refractivity contribution is 6.30. The third-order valence-corrected chi connectivity index (χ3v) is 3.55. The van der Waals surface area contributed by atoms with Gasteiger partial charge in [0.1, 0.15) is 5.75 Å². The highest BCUT2D eigenvalue weighted by Gasteiger charge is 2.07. The monoisotopic (exact) mass is 322 g/mol. The first-order valence-corrected chi connectivity index (χ1v) is 7.60. The zero-order valence-corrected chi connectivity index (χ0v) is 13.2. The topological polar surface area (TPSA) is 35.0 Å². The largest absolute Gasteiger partial charge is 0.437 e. The zero-order chi connectivity index (χ0) is 16.1. The van der Waals surface area contributed by atoms with Crippen LogP contribution in [0.3, 0.4) is 0 Å². The molecule has 0 saturated heterocycles. The highest BCUT2D eigenvalue weighted by atomic mass is 35.5. The summed E-state index contributed by atoms with van der Waals surface area (Å²) in [5.41, 5.74) is 2.78. The molecule has 3 rings (SSSR count). The summed E-state index contributed by atoms with van der Waals surface area (Å²) < 4.78 is 5.83. The van der Waals surface area contributed by atoms with E-state index in [1.807, 2.05) is 60.7 Å². The standard InChI is InChI=1S/C19H15ClN2O/c1-2-6-15-13-16(20)9-11-18(15)23-19-12-10-17(21-22-19)14-7-4-3-5-8-14/h2-5,7-13H,1,6H2. The number of benzene rings is 2. The van der Waals surface area contributed by atoms with Crippen molar-refractivity contribution in [1.29, 1.82) is 0 Å². The summed E-state index contributed by atoms with van der Waals surface area (Å²) in [7, 11) is 0. The fourth-order valence-electron chi connectivity index (χ4n) is 2.21. The second-order valence-corrected chi connectivity index (χ2v) is 5.41. The quantitative estimate of drug-likeness (QED) is 0.596. The molecule has 0 atom stereocenters. The van der Waals surface area contributed by atoms with Crippen LogP contribution in [0.2, 0.25) is 5.02 Å². The molecule has 0 radical (unpaired) electrons. The number of ether oxygens (including phenoxy) is 1. The molecule has 1 aromatic heterocycles. The molecule has 0 aliphatic rings. The molecular weight excluding hydrogens is 308 g/mol. The molecule has 0 unspecified atom stereocenters. The molecule has 0 N–H and O–H groups in total. The lowest BCUT2D eigenvalue weighted by Gasteiger charge is -2.09. The average molecular weight is 323 g/mol. The number of aromatic nitrogens is 2. The summed E-state index contributed by atoms with van der Waals surface area (Å²) in [6.07, 6.45) is 2.48. The Morgan fingerprint density at radius 2 is 1.83 bits per heavy atom. The van der Waals surface area contributed by atoms with E-state index in [0.717, 1.165) is 16.8 Å². The molecule has 4 heteroatoms. The fourth-order valence-corrected chi connectivity index (χ4v) is 2.41. The molecule has 0 saturated carbocycles. The number of hydrogen-bond acceptors (Lipinski definition) is 3. The van der Waals surface area contributed by atoms with Crippen LogP contribution in [-0.4, -0.2) is 10.2 Å². The van der Waals surface area contributed by atoms with Crippen molar-refractivity contribution < 1.29 is 4.74 Å². The molecule has 2 aromatic carbocycles. The number of allylic oxidation sites excluding steroid dienone is 1. The van der Waals surface area contributed by atoms with Crippen LogP contribution in [0.4, 0.5) is 0 Å². The third kappa shape index (κ3) is 3.76. The van der Waals surface area contributed by atoms with E-state index in [2.05, 4.69) is 16.8 Å². The summed E-state index contributed by atoms with van der Waals surface area (Å²) >= 11 is 6.03. The zero-order valence-electron chi connectivity index (χ0n) is 12.4. The lowest BCUT2D eigenvalue weighted by molar-refractivity contribution is 0.451. The van der Waals surface area contributed by atoms with Crippen LogP contribution >= 0.6 is 11.6 Å². The van der Waals surface area contributed by atoms with Crippen molar-refractivity contribution in [3.63, 3.8) is 0 Å².